The van der Waals surface area contributed by atoms with E-state index in [1.54, 1.807) is 0 Å². The Balaban J connectivity index is 1.91. The number of H-pyrrole nitrogens is 1. The highest BCUT2D eigenvalue weighted by atomic mass is 32.1. The lowest BCUT2D eigenvalue weighted by molar-refractivity contribution is 0.291. The smallest absolute Gasteiger partial charge is 0.178 e. The van der Waals surface area contributed by atoms with Gasteiger partial charge < -0.3 is 9.55 Å². The Labute approximate surface area is 120 Å². The number of nitrogens with zero attached hydrogens (tertiary/aromatic N) is 2. The Morgan fingerprint density at radius 1 is 1.15 bits per heavy atom. The first-order valence-electron chi connectivity index (χ1n) is 6.98. The Kier molecular flexibility index (Phi) is 2.72. The average molecular weight is 295 g/mol. The normalized spacial score (nSPS) is 26.5. The summed E-state index contributed by atoms with van der Waals surface area (Å²) in [6.07, 6.45) is 3.32. The third-order valence-electron chi connectivity index (χ3n) is 4.65. The first kappa shape index (κ1) is 12.5. The van der Waals surface area contributed by atoms with Gasteiger partial charge in [0.05, 0.1) is 11.6 Å². The molecule has 3 heterocycles. The van der Waals surface area contributed by atoms with Crippen molar-refractivity contribution < 1.29 is 8.78 Å². The van der Waals surface area contributed by atoms with E-state index in [0.717, 1.165) is 32.0 Å². The Hall–Kier alpha value is -1.27. The summed E-state index contributed by atoms with van der Waals surface area (Å²) in [5, 5.41) is 0. The van der Waals surface area contributed by atoms with Gasteiger partial charge >= 0.3 is 0 Å². The van der Waals surface area contributed by atoms with Gasteiger partial charge in [-0.15, -0.1) is 0 Å². The molecule has 1 aromatic carbocycles. The van der Waals surface area contributed by atoms with E-state index in [-0.39, 0.29) is 6.04 Å². The molecule has 2 aliphatic heterocycles. The molecule has 3 nitrogen and oxygen atoms in total. The predicted molar refractivity (Wildman–Crippen MR) is 75.3 cm³/mol. The molecular formula is C14H15F2N3S. The number of imidazole rings is 1. The number of aromatic amines is 1. The summed E-state index contributed by atoms with van der Waals surface area (Å²) in [5.74, 6) is -1.13. The van der Waals surface area contributed by atoms with Gasteiger partial charge in [-0.25, -0.2) is 8.78 Å². The van der Waals surface area contributed by atoms with E-state index >= 15 is 0 Å². The van der Waals surface area contributed by atoms with Crippen LogP contribution in [0.4, 0.5) is 8.78 Å². The van der Waals surface area contributed by atoms with Gasteiger partial charge in [0.2, 0.25) is 0 Å². The summed E-state index contributed by atoms with van der Waals surface area (Å²) >= 11 is 5.35. The monoisotopic (exact) mass is 295 g/mol. The maximum absolute atomic E-state index is 13.9. The van der Waals surface area contributed by atoms with Gasteiger partial charge in [-0.3, -0.25) is 4.90 Å². The molecule has 6 heteroatoms. The van der Waals surface area contributed by atoms with E-state index in [2.05, 4.69) is 9.88 Å². The van der Waals surface area contributed by atoms with E-state index in [1.165, 1.54) is 12.5 Å². The van der Waals surface area contributed by atoms with Crippen LogP contribution in [0, 0.1) is 16.4 Å². The van der Waals surface area contributed by atoms with Gasteiger partial charge in [-0.1, -0.05) is 0 Å². The molecule has 2 atom stereocenters. The number of hydrogen-bond donors (Lipinski definition) is 1. The fourth-order valence-corrected chi connectivity index (χ4v) is 4.17. The van der Waals surface area contributed by atoms with Crippen molar-refractivity contribution in [1.29, 1.82) is 0 Å². The zero-order valence-electron chi connectivity index (χ0n) is 10.9. The van der Waals surface area contributed by atoms with Crippen molar-refractivity contribution >= 4 is 23.3 Å². The molecule has 0 bridgehead atoms. The number of nitrogens with one attached hydrogen (secondary N) is 1. The van der Waals surface area contributed by atoms with Gasteiger partial charge in [-0.05, 0) is 44.1 Å². The highest BCUT2D eigenvalue weighted by molar-refractivity contribution is 7.71. The number of rotatable bonds is 1. The molecule has 2 saturated heterocycles. The molecule has 2 aliphatic rings. The molecular weight excluding hydrogens is 280 g/mol. The minimum absolute atomic E-state index is 0.222. The van der Waals surface area contributed by atoms with Crippen LogP contribution in [0.15, 0.2) is 12.1 Å². The minimum Gasteiger partial charge on any atom is -0.328 e. The highest BCUT2D eigenvalue weighted by Gasteiger charge is 2.39. The van der Waals surface area contributed by atoms with Gasteiger partial charge in [0, 0.05) is 18.7 Å². The van der Waals surface area contributed by atoms with Crippen LogP contribution in [0.3, 0.4) is 0 Å². The Morgan fingerprint density at radius 2 is 2.00 bits per heavy atom. The van der Waals surface area contributed by atoms with Gasteiger partial charge in [0.1, 0.15) is 11.3 Å². The summed E-state index contributed by atoms with van der Waals surface area (Å²) in [6.45, 7) is 2.17. The summed E-state index contributed by atoms with van der Waals surface area (Å²) in [5.41, 5.74) is 0.860. The molecule has 1 aromatic heterocycles. The molecule has 2 fully saturated rings. The van der Waals surface area contributed by atoms with E-state index in [4.69, 9.17) is 12.2 Å². The molecule has 106 valence electrons. The molecule has 2 unspecified atom stereocenters. The second kappa shape index (κ2) is 4.36. The van der Waals surface area contributed by atoms with Crippen molar-refractivity contribution in [3.63, 3.8) is 0 Å². The highest BCUT2D eigenvalue weighted by Crippen LogP contribution is 2.38. The van der Waals surface area contributed by atoms with Crippen molar-refractivity contribution in [3.8, 4) is 0 Å². The lowest BCUT2D eigenvalue weighted by Crippen LogP contribution is -2.27. The topological polar surface area (TPSA) is 24.0 Å². The van der Waals surface area contributed by atoms with Crippen molar-refractivity contribution in [2.24, 2.45) is 0 Å². The largest absolute Gasteiger partial charge is 0.328 e. The molecule has 0 radical (unpaired) electrons. The molecule has 20 heavy (non-hydrogen) atoms. The standard InChI is InChI=1S/C14H15F2N3S/c15-8-6-9(16)13-12(7-8)19(14(20)17-13)11-3-5-18-4-1-2-10(11)18/h6-7,10-11H,1-5H2,(H,17,20). The maximum atomic E-state index is 13.9. The lowest BCUT2D eigenvalue weighted by atomic mass is 10.1. The van der Waals surface area contributed by atoms with E-state index < -0.39 is 11.6 Å². The molecule has 1 N–H and O–H groups in total. The quantitative estimate of drug-likeness (QED) is 0.815. The third kappa shape index (κ3) is 1.67. The average Bonchev–Trinajstić information content (AvgIpc) is 3.03. The van der Waals surface area contributed by atoms with Crippen LogP contribution in [0.2, 0.25) is 0 Å². The van der Waals surface area contributed by atoms with Gasteiger partial charge in [0.25, 0.3) is 0 Å². The van der Waals surface area contributed by atoms with Crippen molar-refractivity contribution in [3.05, 3.63) is 28.5 Å². The van der Waals surface area contributed by atoms with Crippen molar-refractivity contribution in [1.82, 2.24) is 14.5 Å². The van der Waals surface area contributed by atoms with Crippen LogP contribution >= 0.6 is 12.2 Å². The third-order valence-corrected chi connectivity index (χ3v) is 4.95. The Bertz CT molecular complexity index is 736. The number of fused-ring (bicyclic) bond motifs is 2. The maximum Gasteiger partial charge on any atom is 0.178 e. The second-order valence-corrected chi connectivity index (χ2v) is 6.07. The first-order valence-corrected chi connectivity index (χ1v) is 7.39. The van der Waals surface area contributed by atoms with Gasteiger partial charge in [-0.2, -0.15) is 0 Å². The second-order valence-electron chi connectivity index (χ2n) is 5.68. The van der Waals surface area contributed by atoms with Crippen LogP contribution < -0.4 is 0 Å². The summed E-state index contributed by atoms with van der Waals surface area (Å²) in [4.78, 5) is 5.36. The molecule has 0 saturated carbocycles. The fourth-order valence-electron chi connectivity index (χ4n) is 3.84. The fraction of sp³-hybridized carbons (Fsp3) is 0.500. The van der Waals surface area contributed by atoms with Crippen LogP contribution in [0.1, 0.15) is 25.3 Å². The summed E-state index contributed by atoms with van der Waals surface area (Å²) < 4.78 is 29.8. The number of hydrogen-bond acceptors (Lipinski definition) is 2. The number of halogens is 2. The molecule has 0 aliphatic carbocycles. The van der Waals surface area contributed by atoms with Crippen LogP contribution in [-0.2, 0) is 0 Å². The minimum atomic E-state index is -0.578. The van der Waals surface area contributed by atoms with Crippen LogP contribution in [0.25, 0.3) is 11.0 Å². The van der Waals surface area contributed by atoms with Gasteiger partial charge in [0.15, 0.2) is 10.6 Å². The molecule has 2 aromatic rings. The molecule has 0 amide bonds. The predicted octanol–water partition coefficient (Wildman–Crippen LogP) is 3.39. The van der Waals surface area contributed by atoms with Crippen molar-refractivity contribution in [2.75, 3.05) is 13.1 Å². The SMILES string of the molecule is Fc1cc(F)c2[nH]c(=S)n(C3CCN4CCCC34)c2c1. The Morgan fingerprint density at radius 3 is 2.85 bits per heavy atom. The zero-order valence-corrected chi connectivity index (χ0v) is 11.7. The van der Waals surface area contributed by atoms with Crippen molar-refractivity contribution in [2.45, 2.75) is 31.3 Å². The molecule has 0 spiro atoms. The van der Waals surface area contributed by atoms with Crippen LogP contribution in [-0.4, -0.2) is 33.6 Å². The molecule has 4 rings (SSSR count). The summed E-state index contributed by atoms with van der Waals surface area (Å²) in [6, 6.07) is 2.95. The lowest BCUT2D eigenvalue weighted by Gasteiger charge is -2.22. The first-order chi connectivity index (χ1) is 9.65. The summed E-state index contributed by atoms with van der Waals surface area (Å²) in [7, 11) is 0. The number of benzene rings is 1. The zero-order chi connectivity index (χ0) is 13.9. The van der Waals surface area contributed by atoms with E-state index in [9.17, 15) is 8.78 Å². The number of aromatic nitrogens is 2. The van der Waals surface area contributed by atoms with E-state index in [1.807, 2.05) is 4.57 Å². The van der Waals surface area contributed by atoms with Crippen LogP contribution in [0.5, 0.6) is 0 Å². The van der Waals surface area contributed by atoms with E-state index in [0.29, 0.717) is 21.8 Å².